The van der Waals surface area contributed by atoms with Gasteiger partial charge in [-0.15, -0.1) is 0 Å². The Morgan fingerprint density at radius 1 is 1.24 bits per heavy atom. The van der Waals surface area contributed by atoms with Gasteiger partial charge in [-0.1, -0.05) is 0 Å². The van der Waals surface area contributed by atoms with Crippen molar-refractivity contribution in [1.82, 2.24) is 24.3 Å². The number of nitrogens with zero attached hydrogens (tertiary/aromatic N) is 5. The monoisotopic (exact) mass is 456 g/mol. The molecule has 3 saturated heterocycles. The van der Waals surface area contributed by atoms with E-state index in [2.05, 4.69) is 19.4 Å². The minimum atomic E-state index is -0.472. The highest BCUT2D eigenvalue weighted by Gasteiger charge is 2.48. The average Bonchev–Trinajstić information content (AvgIpc) is 3.46. The molecule has 3 atom stereocenters. The van der Waals surface area contributed by atoms with Gasteiger partial charge in [-0.05, 0) is 71.9 Å². The number of aromatic nitrogens is 3. The average molecular weight is 457 g/mol. The zero-order chi connectivity index (χ0) is 23.2. The number of hydrogen-bond donors (Lipinski definition) is 1. The summed E-state index contributed by atoms with van der Waals surface area (Å²) in [5.74, 6) is 0.498. The smallest absolute Gasteiger partial charge is 0.410 e. The van der Waals surface area contributed by atoms with E-state index in [4.69, 9.17) is 15.2 Å². The van der Waals surface area contributed by atoms with Crippen LogP contribution >= 0.6 is 0 Å². The minimum Gasteiger partial charge on any atom is -0.444 e. The standard InChI is InChI=1S/C24H36N6O3/c1-23(2,3)33-22(31)30-12-5-10-24(30)9-4-11-28(15-24)14-17-6-7-19(32-17)29-13-8-18-20(25)26-16-27-21(18)29/h8,13,16-17,19H,4-7,9-12,14-15H2,1-3H3,(H2,25,26,27). The SMILES string of the molecule is CC(C)(C)OC(=O)N1CCCC12CCCN(CC1CCC(n3ccc4c(N)ncnc43)O1)C2. The molecule has 9 heteroatoms. The maximum Gasteiger partial charge on any atom is 0.410 e. The van der Waals surface area contributed by atoms with Crippen LogP contribution in [-0.4, -0.2) is 73.9 Å². The van der Waals surface area contributed by atoms with Gasteiger partial charge in [0.25, 0.3) is 0 Å². The molecule has 1 spiro atoms. The highest BCUT2D eigenvalue weighted by molar-refractivity contribution is 5.86. The van der Waals surface area contributed by atoms with Crippen molar-refractivity contribution in [2.75, 3.05) is 31.9 Å². The number of amides is 1. The molecule has 5 heterocycles. The first-order valence-electron chi connectivity index (χ1n) is 12.2. The van der Waals surface area contributed by atoms with Gasteiger partial charge in [0.15, 0.2) is 0 Å². The van der Waals surface area contributed by atoms with Crippen LogP contribution in [-0.2, 0) is 9.47 Å². The van der Waals surface area contributed by atoms with Gasteiger partial charge in [0, 0.05) is 25.8 Å². The number of fused-ring (bicyclic) bond motifs is 1. The van der Waals surface area contributed by atoms with Crippen LogP contribution in [0.3, 0.4) is 0 Å². The van der Waals surface area contributed by atoms with Crippen molar-refractivity contribution >= 4 is 22.9 Å². The number of hydrogen-bond acceptors (Lipinski definition) is 7. The van der Waals surface area contributed by atoms with Gasteiger partial charge in [-0.3, -0.25) is 4.90 Å². The van der Waals surface area contributed by atoms with Gasteiger partial charge in [-0.25, -0.2) is 14.8 Å². The Balaban J connectivity index is 1.23. The first-order chi connectivity index (χ1) is 15.7. The lowest BCUT2D eigenvalue weighted by atomic mass is 9.86. The number of piperidine rings is 1. The van der Waals surface area contributed by atoms with Gasteiger partial charge in [0.2, 0.25) is 0 Å². The summed E-state index contributed by atoms with van der Waals surface area (Å²) in [5.41, 5.74) is 6.24. The van der Waals surface area contributed by atoms with Crippen molar-refractivity contribution in [3.05, 3.63) is 18.6 Å². The molecule has 180 valence electrons. The van der Waals surface area contributed by atoms with E-state index in [-0.39, 0.29) is 24.0 Å². The number of anilines is 1. The third kappa shape index (κ3) is 4.40. The van der Waals surface area contributed by atoms with Crippen molar-refractivity contribution in [2.45, 2.75) is 82.8 Å². The van der Waals surface area contributed by atoms with Crippen LogP contribution in [0.2, 0.25) is 0 Å². The second kappa shape index (κ2) is 8.43. The molecular formula is C24H36N6O3. The van der Waals surface area contributed by atoms with Crippen LogP contribution in [0.5, 0.6) is 0 Å². The molecule has 0 aliphatic carbocycles. The number of ether oxygens (including phenoxy) is 2. The lowest BCUT2D eigenvalue weighted by molar-refractivity contribution is -0.0355. The van der Waals surface area contributed by atoms with Crippen LogP contribution in [0.4, 0.5) is 10.6 Å². The summed E-state index contributed by atoms with van der Waals surface area (Å²) in [7, 11) is 0. The minimum absolute atomic E-state index is 0.0368. The van der Waals surface area contributed by atoms with Crippen LogP contribution in [0, 0.1) is 0 Å². The third-order valence-corrected chi connectivity index (χ3v) is 7.24. The predicted octanol–water partition coefficient (Wildman–Crippen LogP) is 3.56. The molecule has 0 bridgehead atoms. The van der Waals surface area contributed by atoms with Crippen molar-refractivity contribution in [3.8, 4) is 0 Å². The maximum atomic E-state index is 12.9. The van der Waals surface area contributed by atoms with Crippen molar-refractivity contribution in [1.29, 1.82) is 0 Å². The zero-order valence-corrected chi connectivity index (χ0v) is 20.0. The topological polar surface area (TPSA) is 98.7 Å². The molecule has 0 aromatic carbocycles. The Kier molecular flexibility index (Phi) is 5.73. The van der Waals surface area contributed by atoms with Gasteiger partial charge in [0.05, 0.1) is 17.0 Å². The molecule has 3 aliphatic rings. The lowest BCUT2D eigenvalue weighted by Crippen LogP contribution is -2.58. The fraction of sp³-hybridized carbons (Fsp3) is 0.708. The highest BCUT2D eigenvalue weighted by Crippen LogP contribution is 2.39. The van der Waals surface area contributed by atoms with E-state index < -0.39 is 5.60 Å². The van der Waals surface area contributed by atoms with Crippen molar-refractivity contribution in [2.24, 2.45) is 0 Å². The molecule has 3 unspecified atom stereocenters. The second-order valence-electron chi connectivity index (χ2n) is 10.8. The molecule has 9 nitrogen and oxygen atoms in total. The molecule has 5 rings (SSSR count). The summed E-state index contributed by atoms with van der Waals surface area (Å²) in [6, 6.07) is 1.96. The maximum absolute atomic E-state index is 12.9. The summed E-state index contributed by atoms with van der Waals surface area (Å²) in [6.45, 7) is 9.42. The van der Waals surface area contributed by atoms with Gasteiger partial charge >= 0.3 is 6.09 Å². The van der Waals surface area contributed by atoms with Crippen LogP contribution in [0.1, 0.15) is 65.5 Å². The summed E-state index contributed by atoms with van der Waals surface area (Å²) in [6.07, 6.45) is 9.64. The molecule has 1 amide bonds. The normalized spacial score (nSPS) is 28.8. The van der Waals surface area contributed by atoms with Gasteiger partial charge < -0.3 is 24.7 Å². The van der Waals surface area contributed by atoms with E-state index in [1.54, 1.807) is 0 Å². The summed E-state index contributed by atoms with van der Waals surface area (Å²) in [4.78, 5) is 25.9. The number of carbonyl (C=O) groups excluding carboxylic acids is 1. The quantitative estimate of drug-likeness (QED) is 0.754. The zero-order valence-electron chi connectivity index (χ0n) is 20.0. The predicted molar refractivity (Wildman–Crippen MR) is 126 cm³/mol. The first kappa shape index (κ1) is 22.4. The highest BCUT2D eigenvalue weighted by atomic mass is 16.6. The van der Waals surface area contributed by atoms with E-state index in [0.29, 0.717) is 5.82 Å². The summed E-state index contributed by atoms with van der Waals surface area (Å²) in [5, 5.41) is 0.867. The fourth-order valence-corrected chi connectivity index (χ4v) is 5.86. The van der Waals surface area contributed by atoms with E-state index >= 15 is 0 Å². The largest absolute Gasteiger partial charge is 0.444 e. The Morgan fingerprint density at radius 3 is 2.82 bits per heavy atom. The molecule has 0 radical (unpaired) electrons. The molecule has 3 fully saturated rings. The number of likely N-dealkylation sites (tertiary alicyclic amines) is 2. The van der Waals surface area contributed by atoms with E-state index in [1.807, 2.05) is 37.9 Å². The molecule has 2 N–H and O–H groups in total. The van der Waals surface area contributed by atoms with E-state index in [9.17, 15) is 4.79 Å². The molecule has 33 heavy (non-hydrogen) atoms. The lowest BCUT2D eigenvalue weighted by Gasteiger charge is -2.46. The molecule has 0 saturated carbocycles. The first-order valence-corrected chi connectivity index (χ1v) is 12.2. The number of nitrogens with two attached hydrogens (primary N) is 1. The van der Waals surface area contributed by atoms with Gasteiger partial charge in [0.1, 0.15) is 29.6 Å². The van der Waals surface area contributed by atoms with Crippen LogP contribution in [0.25, 0.3) is 11.0 Å². The molecule has 2 aromatic heterocycles. The van der Waals surface area contributed by atoms with E-state index in [0.717, 1.165) is 75.7 Å². The van der Waals surface area contributed by atoms with Crippen molar-refractivity contribution in [3.63, 3.8) is 0 Å². The number of nitrogen functional groups attached to an aromatic ring is 1. The third-order valence-electron chi connectivity index (χ3n) is 7.24. The van der Waals surface area contributed by atoms with Crippen molar-refractivity contribution < 1.29 is 14.3 Å². The van der Waals surface area contributed by atoms with Crippen LogP contribution in [0.15, 0.2) is 18.6 Å². The number of rotatable bonds is 3. The molecule has 3 aliphatic heterocycles. The molecule has 2 aromatic rings. The summed E-state index contributed by atoms with van der Waals surface area (Å²) >= 11 is 0. The Hall–Kier alpha value is -2.39. The van der Waals surface area contributed by atoms with Gasteiger partial charge in [-0.2, -0.15) is 0 Å². The van der Waals surface area contributed by atoms with Crippen LogP contribution < -0.4 is 5.73 Å². The molecular weight excluding hydrogens is 420 g/mol. The number of carbonyl (C=O) groups is 1. The van der Waals surface area contributed by atoms with E-state index in [1.165, 1.54) is 6.33 Å². The Morgan fingerprint density at radius 2 is 2.03 bits per heavy atom. The Labute approximate surface area is 195 Å². The second-order valence-corrected chi connectivity index (χ2v) is 10.8. The Bertz CT molecular complexity index is 1020. The fourth-order valence-electron chi connectivity index (χ4n) is 5.86. The summed E-state index contributed by atoms with van der Waals surface area (Å²) < 4.78 is 14.3.